The Kier molecular flexibility index (Phi) is 3.82. The molecule has 1 saturated carbocycles. The number of hydrogen-bond donors (Lipinski definition) is 1. The Morgan fingerprint density at radius 2 is 1.89 bits per heavy atom. The van der Waals surface area contributed by atoms with E-state index in [1.54, 1.807) is 0 Å². The molecule has 1 aliphatic carbocycles. The van der Waals surface area contributed by atoms with Gasteiger partial charge < -0.3 is 15.1 Å². The first-order valence-electron chi connectivity index (χ1n) is 10.6. The first-order valence-corrected chi connectivity index (χ1v) is 11.4. The third-order valence-electron chi connectivity index (χ3n) is 7.09. The maximum Gasteiger partial charge on any atom is 0.233 e. The largest absolute Gasteiger partial charge is 0.340 e. The van der Waals surface area contributed by atoms with Crippen LogP contribution in [0, 0.1) is 0 Å². The van der Waals surface area contributed by atoms with Crippen LogP contribution >= 0.6 is 11.3 Å². The van der Waals surface area contributed by atoms with Gasteiger partial charge in [-0.05, 0) is 31.2 Å². The van der Waals surface area contributed by atoms with Gasteiger partial charge in [0.2, 0.25) is 5.91 Å². The van der Waals surface area contributed by atoms with Crippen LogP contribution in [0.3, 0.4) is 0 Å². The minimum atomic E-state index is -0.260. The van der Waals surface area contributed by atoms with Gasteiger partial charge in [-0.25, -0.2) is 4.98 Å². The molecule has 6 rings (SSSR count). The molecular formula is C22H26N4OS. The molecule has 1 amide bonds. The highest BCUT2D eigenvalue weighted by Gasteiger charge is 2.53. The number of nitrogens with one attached hydrogen (secondary N) is 1. The second kappa shape index (κ2) is 6.29. The van der Waals surface area contributed by atoms with Gasteiger partial charge in [-0.2, -0.15) is 0 Å². The van der Waals surface area contributed by atoms with Gasteiger partial charge in [-0.1, -0.05) is 41.7 Å². The first kappa shape index (κ1) is 17.0. The van der Waals surface area contributed by atoms with Crippen molar-refractivity contribution in [1.29, 1.82) is 0 Å². The summed E-state index contributed by atoms with van der Waals surface area (Å²) < 4.78 is 0. The molecule has 28 heavy (non-hydrogen) atoms. The number of thiazole rings is 1. The van der Waals surface area contributed by atoms with E-state index in [2.05, 4.69) is 27.2 Å². The lowest BCUT2D eigenvalue weighted by Gasteiger charge is -2.35. The zero-order chi connectivity index (χ0) is 18.7. The van der Waals surface area contributed by atoms with Crippen LogP contribution in [0.15, 0.2) is 30.3 Å². The number of hydrogen-bond acceptors (Lipinski definition) is 5. The molecule has 2 saturated heterocycles. The smallest absolute Gasteiger partial charge is 0.233 e. The molecule has 0 spiro atoms. The van der Waals surface area contributed by atoms with E-state index in [1.165, 1.54) is 34.1 Å². The molecule has 2 bridgehead atoms. The van der Waals surface area contributed by atoms with Crippen LogP contribution in [-0.4, -0.2) is 47.5 Å². The number of aromatic nitrogens is 1. The van der Waals surface area contributed by atoms with Crippen LogP contribution in [0.4, 0.5) is 5.13 Å². The van der Waals surface area contributed by atoms with Crippen molar-refractivity contribution >= 4 is 22.4 Å². The van der Waals surface area contributed by atoms with Gasteiger partial charge in [0.05, 0.1) is 17.7 Å². The number of carbonyl (C=O) groups is 1. The molecule has 3 aliphatic heterocycles. The van der Waals surface area contributed by atoms with E-state index in [9.17, 15) is 4.79 Å². The van der Waals surface area contributed by atoms with E-state index in [0.717, 1.165) is 45.4 Å². The lowest BCUT2D eigenvalue weighted by atomic mass is 9.93. The normalized spacial score (nSPS) is 27.6. The maximum atomic E-state index is 13.4. The Morgan fingerprint density at radius 3 is 2.61 bits per heavy atom. The van der Waals surface area contributed by atoms with Crippen molar-refractivity contribution < 1.29 is 4.79 Å². The predicted octanol–water partition coefficient (Wildman–Crippen LogP) is 2.70. The van der Waals surface area contributed by atoms with Crippen molar-refractivity contribution in [1.82, 2.24) is 15.2 Å². The summed E-state index contributed by atoms with van der Waals surface area (Å²) in [6.07, 6.45) is 5.40. The fourth-order valence-electron chi connectivity index (χ4n) is 5.37. The zero-order valence-corrected chi connectivity index (χ0v) is 16.9. The Bertz CT molecular complexity index is 891. The topological polar surface area (TPSA) is 48.5 Å². The third kappa shape index (κ3) is 2.54. The monoisotopic (exact) mass is 394 g/mol. The molecular weight excluding hydrogens is 368 g/mol. The molecule has 2 aromatic rings. The highest BCUT2D eigenvalue weighted by Crippen LogP contribution is 2.50. The fourth-order valence-corrected chi connectivity index (χ4v) is 6.63. The Labute approximate surface area is 169 Å². The van der Waals surface area contributed by atoms with Gasteiger partial charge in [0.1, 0.15) is 0 Å². The second-order valence-electron chi connectivity index (χ2n) is 8.74. The SMILES string of the molecule is O=C(N1CCc2nc(N3C4CCC3CNC4)sc2C1)C1(c2ccccc2)CC1. The van der Waals surface area contributed by atoms with E-state index < -0.39 is 0 Å². The average molecular weight is 395 g/mol. The number of nitrogens with zero attached hydrogens (tertiary/aromatic N) is 3. The van der Waals surface area contributed by atoms with Crippen molar-refractivity contribution in [2.24, 2.45) is 0 Å². The summed E-state index contributed by atoms with van der Waals surface area (Å²) in [5.74, 6) is 0.321. The summed E-state index contributed by atoms with van der Waals surface area (Å²) in [6, 6.07) is 11.5. The summed E-state index contributed by atoms with van der Waals surface area (Å²) >= 11 is 1.83. The van der Waals surface area contributed by atoms with Crippen LogP contribution < -0.4 is 10.2 Å². The number of piperazine rings is 1. The molecule has 2 unspecified atom stereocenters. The van der Waals surface area contributed by atoms with Gasteiger partial charge in [0.15, 0.2) is 5.13 Å². The van der Waals surface area contributed by atoms with Crippen LogP contribution in [-0.2, 0) is 23.2 Å². The van der Waals surface area contributed by atoms with E-state index in [0.29, 0.717) is 18.0 Å². The highest BCUT2D eigenvalue weighted by molar-refractivity contribution is 7.15. The summed E-state index contributed by atoms with van der Waals surface area (Å²) in [4.78, 5) is 24.4. The minimum absolute atomic E-state index is 0.260. The summed E-state index contributed by atoms with van der Waals surface area (Å²) in [6.45, 7) is 3.69. The summed E-state index contributed by atoms with van der Waals surface area (Å²) in [7, 11) is 0. The number of amides is 1. The van der Waals surface area contributed by atoms with Crippen LogP contribution in [0.1, 0.15) is 41.8 Å². The van der Waals surface area contributed by atoms with Gasteiger partial charge in [-0.15, -0.1) is 0 Å². The molecule has 3 fully saturated rings. The molecule has 4 heterocycles. The average Bonchev–Trinajstić information content (AvgIpc) is 3.38. The lowest BCUT2D eigenvalue weighted by molar-refractivity contribution is -0.134. The van der Waals surface area contributed by atoms with Crippen LogP contribution in [0.25, 0.3) is 0 Å². The summed E-state index contributed by atoms with van der Waals surface area (Å²) in [5.41, 5.74) is 2.16. The third-order valence-corrected chi connectivity index (χ3v) is 8.19. The van der Waals surface area contributed by atoms with E-state index in [1.807, 2.05) is 29.5 Å². The van der Waals surface area contributed by atoms with Gasteiger partial charge >= 0.3 is 0 Å². The van der Waals surface area contributed by atoms with Gasteiger partial charge in [0, 0.05) is 43.0 Å². The molecule has 1 aromatic carbocycles. The first-order chi connectivity index (χ1) is 13.7. The maximum absolute atomic E-state index is 13.4. The van der Waals surface area contributed by atoms with Crippen molar-refractivity contribution in [2.45, 2.75) is 56.1 Å². The number of anilines is 1. The Morgan fingerprint density at radius 1 is 1.14 bits per heavy atom. The van der Waals surface area contributed by atoms with Crippen molar-refractivity contribution in [2.75, 3.05) is 24.5 Å². The fraction of sp³-hybridized carbons (Fsp3) is 0.545. The van der Waals surface area contributed by atoms with Gasteiger partial charge in [0.25, 0.3) is 0 Å². The molecule has 146 valence electrons. The number of rotatable bonds is 3. The molecule has 1 N–H and O–H groups in total. The molecule has 6 heteroatoms. The van der Waals surface area contributed by atoms with E-state index in [-0.39, 0.29) is 5.41 Å². The standard InChI is InChI=1S/C22H26N4OS/c27-20(22(9-10-22)15-4-2-1-3-5-15)25-11-8-18-19(14-25)28-21(24-18)26-16-6-7-17(26)13-23-12-16/h1-5,16-17,23H,6-14H2. The zero-order valence-electron chi connectivity index (χ0n) is 16.1. The lowest BCUT2D eigenvalue weighted by Crippen LogP contribution is -2.51. The molecule has 2 atom stereocenters. The Hall–Kier alpha value is -1.92. The number of benzene rings is 1. The molecule has 1 aromatic heterocycles. The Balaban J connectivity index is 1.23. The van der Waals surface area contributed by atoms with E-state index >= 15 is 0 Å². The van der Waals surface area contributed by atoms with Crippen molar-refractivity contribution in [3.63, 3.8) is 0 Å². The van der Waals surface area contributed by atoms with Crippen molar-refractivity contribution in [3.05, 3.63) is 46.5 Å². The quantitative estimate of drug-likeness (QED) is 0.870. The minimum Gasteiger partial charge on any atom is -0.340 e. The van der Waals surface area contributed by atoms with E-state index in [4.69, 9.17) is 4.98 Å². The number of carbonyl (C=O) groups excluding carboxylic acids is 1. The van der Waals surface area contributed by atoms with Gasteiger partial charge in [-0.3, -0.25) is 4.79 Å². The van der Waals surface area contributed by atoms with Crippen LogP contribution in [0.5, 0.6) is 0 Å². The van der Waals surface area contributed by atoms with Crippen LogP contribution in [0.2, 0.25) is 0 Å². The number of fused-ring (bicyclic) bond motifs is 3. The predicted molar refractivity (Wildman–Crippen MR) is 111 cm³/mol. The summed E-state index contributed by atoms with van der Waals surface area (Å²) in [5, 5.41) is 4.74. The highest BCUT2D eigenvalue weighted by atomic mass is 32.1. The molecule has 4 aliphatic rings. The second-order valence-corrected chi connectivity index (χ2v) is 9.80. The van der Waals surface area contributed by atoms with Crippen molar-refractivity contribution in [3.8, 4) is 0 Å². The molecule has 5 nitrogen and oxygen atoms in total. The molecule has 0 radical (unpaired) electrons.